The molecule has 1 unspecified atom stereocenters. The van der Waals surface area contributed by atoms with E-state index >= 15 is 0 Å². The first kappa shape index (κ1) is 11.3. The maximum atomic E-state index is 12.2. The van der Waals surface area contributed by atoms with Crippen LogP contribution in [0.15, 0.2) is 29.2 Å². The molecular weight excluding hydrogens is 236 g/mol. The van der Waals surface area contributed by atoms with Crippen LogP contribution in [0, 0.1) is 0 Å². The zero-order valence-electron chi connectivity index (χ0n) is 9.67. The highest BCUT2D eigenvalue weighted by Crippen LogP contribution is 2.26. The molecule has 1 saturated heterocycles. The van der Waals surface area contributed by atoms with Gasteiger partial charge in [-0.05, 0) is 11.6 Å². The lowest BCUT2D eigenvalue weighted by atomic mass is 10.2. The molecule has 1 atom stereocenters. The van der Waals surface area contributed by atoms with Crippen LogP contribution in [0.1, 0.15) is 5.56 Å². The Kier molecular flexibility index (Phi) is 3.24. The predicted molar refractivity (Wildman–Crippen MR) is 65.7 cm³/mol. The summed E-state index contributed by atoms with van der Waals surface area (Å²) in [5.41, 5.74) is 1.19. The van der Waals surface area contributed by atoms with E-state index in [4.69, 9.17) is 4.74 Å². The molecule has 3 rings (SSSR count). The Morgan fingerprint density at radius 2 is 2.00 bits per heavy atom. The summed E-state index contributed by atoms with van der Waals surface area (Å²) >= 11 is 0. The minimum absolute atomic E-state index is 0.769. The minimum atomic E-state index is -0.986. The molecule has 0 N–H and O–H groups in total. The van der Waals surface area contributed by atoms with Crippen molar-refractivity contribution in [3.8, 4) is 0 Å². The first-order chi connectivity index (χ1) is 8.34. The number of ether oxygens (including phenoxy) is 1. The van der Waals surface area contributed by atoms with Crippen molar-refractivity contribution in [2.45, 2.75) is 11.4 Å². The van der Waals surface area contributed by atoms with E-state index in [1.807, 2.05) is 22.5 Å². The zero-order chi connectivity index (χ0) is 11.7. The average molecular weight is 252 g/mol. The third kappa shape index (κ3) is 2.28. The summed E-state index contributed by atoms with van der Waals surface area (Å²) in [6.07, 6.45) is 0. The second-order valence-corrected chi connectivity index (χ2v) is 5.82. The third-order valence-corrected chi connectivity index (χ3v) is 4.69. The van der Waals surface area contributed by atoms with Crippen molar-refractivity contribution in [2.75, 3.05) is 33.0 Å². The Balaban J connectivity index is 1.69. The Bertz CT molecular complexity index is 432. The molecule has 0 radical (unpaired) electrons. The van der Waals surface area contributed by atoms with Crippen LogP contribution in [0.3, 0.4) is 0 Å². The zero-order valence-corrected chi connectivity index (χ0v) is 10.5. The fourth-order valence-electron chi connectivity index (χ4n) is 2.26. The van der Waals surface area contributed by atoms with Crippen molar-refractivity contribution in [3.05, 3.63) is 29.8 Å². The summed E-state index contributed by atoms with van der Waals surface area (Å²) < 4.78 is 19.6. The van der Waals surface area contributed by atoms with Gasteiger partial charge in [-0.15, -0.1) is 0 Å². The van der Waals surface area contributed by atoms with Crippen LogP contribution in [0.5, 0.6) is 0 Å². The summed E-state index contributed by atoms with van der Waals surface area (Å²) in [4.78, 5) is 3.27. The van der Waals surface area contributed by atoms with Crippen molar-refractivity contribution in [2.24, 2.45) is 0 Å². The summed E-state index contributed by atoms with van der Waals surface area (Å²) in [5.74, 6) is 0. The van der Waals surface area contributed by atoms with Crippen LogP contribution in [0.2, 0.25) is 0 Å². The molecule has 2 heterocycles. The monoisotopic (exact) mass is 252 g/mol. The number of morpholine rings is 1. The quantitative estimate of drug-likeness (QED) is 0.781. The highest BCUT2D eigenvalue weighted by atomic mass is 32.2. The van der Waals surface area contributed by atoms with Crippen LogP contribution in [0.25, 0.3) is 0 Å². The Hall–Kier alpha value is -0.750. The Morgan fingerprint density at radius 3 is 2.76 bits per heavy atom. The summed E-state index contributed by atoms with van der Waals surface area (Å²) in [6.45, 7) is 5.00. The first-order valence-electron chi connectivity index (χ1n) is 5.89. The maximum Gasteiger partial charge on any atom is 0.129 e. The van der Waals surface area contributed by atoms with Gasteiger partial charge in [0.2, 0.25) is 0 Å². The van der Waals surface area contributed by atoms with Gasteiger partial charge in [-0.2, -0.15) is 0 Å². The van der Waals surface area contributed by atoms with Crippen molar-refractivity contribution < 1.29 is 8.95 Å². The Labute approximate surface area is 104 Å². The van der Waals surface area contributed by atoms with Crippen LogP contribution in [0.4, 0.5) is 0 Å². The van der Waals surface area contributed by atoms with E-state index in [0.29, 0.717) is 0 Å². The number of hydrogen-bond donors (Lipinski definition) is 0. The van der Waals surface area contributed by atoms with Gasteiger partial charge in [-0.25, -0.2) is 8.51 Å². The van der Waals surface area contributed by atoms with Crippen molar-refractivity contribution in [3.63, 3.8) is 0 Å². The van der Waals surface area contributed by atoms with Crippen LogP contribution >= 0.6 is 0 Å². The molecule has 0 aliphatic carbocycles. The molecule has 0 bridgehead atoms. The van der Waals surface area contributed by atoms with Crippen molar-refractivity contribution in [1.82, 2.24) is 9.21 Å². The topological polar surface area (TPSA) is 32.8 Å². The molecule has 0 amide bonds. The van der Waals surface area contributed by atoms with Crippen molar-refractivity contribution in [1.29, 1.82) is 0 Å². The van der Waals surface area contributed by atoms with E-state index in [1.165, 1.54) is 5.56 Å². The maximum absolute atomic E-state index is 12.2. The second-order valence-electron chi connectivity index (χ2n) is 4.37. The lowest BCUT2D eigenvalue weighted by molar-refractivity contribution is 0.0236. The normalized spacial score (nSPS) is 26.0. The molecule has 1 aromatic rings. The van der Waals surface area contributed by atoms with Crippen LogP contribution < -0.4 is 0 Å². The Morgan fingerprint density at radius 1 is 1.24 bits per heavy atom. The summed E-state index contributed by atoms with van der Waals surface area (Å²) in [7, 11) is -0.986. The number of fused-ring (bicyclic) bond motifs is 1. The summed E-state index contributed by atoms with van der Waals surface area (Å²) in [5, 5.41) is 0. The lowest BCUT2D eigenvalue weighted by Gasteiger charge is -2.29. The largest absolute Gasteiger partial charge is 0.379 e. The second kappa shape index (κ2) is 4.86. The number of nitrogens with zero attached hydrogens (tertiary/aromatic N) is 2. The smallest absolute Gasteiger partial charge is 0.129 e. The minimum Gasteiger partial charge on any atom is -0.379 e. The molecule has 1 fully saturated rings. The number of hydrogen-bond acceptors (Lipinski definition) is 3. The highest BCUT2D eigenvalue weighted by molar-refractivity contribution is 7.83. The fraction of sp³-hybridized carbons (Fsp3) is 0.500. The van der Waals surface area contributed by atoms with Crippen LogP contribution in [-0.2, 0) is 22.3 Å². The summed E-state index contributed by atoms with van der Waals surface area (Å²) in [6, 6.07) is 7.99. The lowest BCUT2D eigenvalue weighted by Crippen LogP contribution is -2.42. The van der Waals surface area contributed by atoms with Gasteiger partial charge >= 0.3 is 0 Å². The van der Waals surface area contributed by atoms with E-state index in [0.717, 1.165) is 44.4 Å². The fourth-order valence-corrected chi connectivity index (χ4v) is 3.62. The molecule has 1 aromatic carbocycles. The highest BCUT2D eigenvalue weighted by Gasteiger charge is 2.28. The van der Waals surface area contributed by atoms with Gasteiger partial charge < -0.3 is 4.74 Å². The SMILES string of the molecule is O=S1c2ccccc2CN1CN1CCOCC1. The third-order valence-electron chi connectivity index (χ3n) is 3.20. The van der Waals surface area contributed by atoms with E-state index in [2.05, 4.69) is 11.0 Å². The number of benzene rings is 1. The molecule has 4 nitrogen and oxygen atoms in total. The van der Waals surface area contributed by atoms with E-state index in [-0.39, 0.29) is 0 Å². The number of rotatable bonds is 2. The van der Waals surface area contributed by atoms with E-state index in [9.17, 15) is 4.21 Å². The van der Waals surface area contributed by atoms with Gasteiger partial charge in [0.05, 0.1) is 24.8 Å². The van der Waals surface area contributed by atoms with Gasteiger partial charge in [0.1, 0.15) is 11.0 Å². The van der Waals surface area contributed by atoms with E-state index < -0.39 is 11.0 Å². The van der Waals surface area contributed by atoms with Gasteiger partial charge in [0, 0.05) is 19.6 Å². The molecule has 2 aliphatic heterocycles. The molecule has 92 valence electrons. The van der Waals surface area contributed by atoms with Gasteiger partial charge in [-0.3, -0.25) is 4.90 Å². The van der Waals surface area contributed by atoms with Crippen molar-refractivity contribution >= 4 is 11.0 Å². The molecule has 2 aliphatic rings. The molecule has 5 heteroatoms. The van der Waals surface area contributed by atoms with Gasteiger partial charge in [-0.1, -0.05) is 18.2 Å². The predicted octanol–water partition coefficient (Wildman–Crippen LogP) is 0.815. The molecule has 17 heavy (non-hydrogen) atoms. The van der Waals surface area contributed by atoms with Gasteiger partial charge in [0.25, 0.3) is 0 Å². The first-order valence-corrected chi connectivity index (χ1v) is 7.00. The molecule has 0 aromatic heterocycles. The molecule has 0 spiro atoms. The van der Waals surface area contributed by atoms with Crippen LogP contribution in [-0.4, -0.2) is 46.4 Å². The average Bonchev–Trinajstić information content (AvgIpc) is 2.68. The molecular formula is C12H16N2O2S. The van der Waals surface area contributed by atoms with Gasteiger partial charge in [0.15, 0.2) is 0 Å². The molecule has 0 saturated carbocycles. The standard InChI is InChI=1S/C12H16N2O2S/c15-17-12-4-2-1-3-11(12)9-14(17)10-13-5-7-16-8-6-13/h1-4H,5-10H2. The van der Waals surface area contributed by atoms with E-state index in [1.54, 1.807) is 0 Å².